The second-order valence-corrected chi connectivity index (χ2v) is 17.0. The summed E-state index contributed by atoms with van der Waals surface area (Å²) in [4.78, 5) is 143. The van der Waals surface area contributed by atoms with Gasteiger partial charge in [-0.2, -0.15) is 25.3 Å². The molecule has 0 aromatic heterocycles. The molecule has 0 spiro atoms. The minimum Gasteiger partial charge on any atom is -0.508 e. The fourth-order valence-corrected chi connectivity index (χ4v) is 6.76. The zero-order valence-electron chi connectivity index (χ0n) is 39.1. The van der Waals surface area contributed by atoms with Gasteiger partial charge in [0, 0.05) is 30.8 Å². The van der Waals surface area contributed by atoms with E-state index in [1.54, 1.807) is 0 Å². The highest BCUT2D eigenvalue weighted by Crippen LogP contribution is 2.15. The van der Waals surface area contributed by atoms with Gasteiger partial charge in [0.15, 0.2) is 6.04 Å². The highest BCUT2D eigenvalue weighted by atomic mass is 32.1. The third kappa shape index (κ3) is 21.2. The van der Waals surface area contributed by atoms with E-state index in [0.717, 1.165) is 6.92 Å². The number of rotatable bonds is 31. The van der Waals surface area contributed by atoms with Gasteiger partial charge >= 0.3 is 5.97 Å². The zero-order valence-corrected chi connectivity index (χ0v) is 40.8. The predicted octanol–water partition coefficient (Wildman–Crippen LogP) is -7.46. The molecule has 0 bridgehead atoms. The van der Waals surface area contributed by atoms with Crippen LogP contribution in [0.2, 0.25) is 0 Å². The van der Waals surface area contributed by atoms with Crippen LogP contribution in [0.15, 0.2) is 48.5 Å². The Kier molecular flexibility index (Phi) is 25.9. The Labute approximate surface area is 427 Å². The SMILES string of the molecule is CC(O)C(NC(=O)C(CS)NC(=O)C(CC(N)=O)NC(=O)C(CO)NC(=O)C(CCC(N)=O)NC(=O)C(Cc1ccc(O)cc1)NC(=O)C(Cc1ccc(O)cc1)NC(=O)C(CO)NC(=O)C(N)CS)C(=O)O. The molecule has 30 heteroatoms. The number of thiol groups is 2. The number of hydrogen-bond acceptors (Lipinski definition) is 19. The molecular formula is C43H61N11O17S2. The lowest BCUT2D eigenvalue weighted by atomic mass is 10.0. The molecule has 2 aromatic carbocycles. The third-order valence-corrected chi connectivity index (χ3v) is 11.2. The van der Waals surface area contributed by atoms with E-state index >= 15 is 0 Å². The van der Waals surface area contributed by atoms with Crippen LogP contribution in [0.4, 0.5) is 0 Å². The number of aliphatic hydroxyl groups excluding tert-OH is 3. The number of carbonyl (C=O) groups is 11. The first-order chi connectivity index (χ1) is 34.3. The van der Waals surface area contributed by atoms with E-state index < -0.39 is 164 Å². The van der Waals surface area contributed by atoms with Gasteiger partial charge in [-0.15, -0.1) is 0 Å². The standard InChI is InChI=1S/C43H61N11O17S2/c1-19(57)34(43(70)71)54-42(69)31(18-73)53-39(66)28(14-33(46)61)50-41(68)30(16-56)52-36(63)25(10-11-32(45)60)47-37(64)26(12-20-2-6-22(58)7-3-20)48-38(65)27(13-21-4-8-23(59)9-5-21)49-40(67)29(15-55)51-35(62)24(44)17-72/h2-9,19,24-31,34,55-59,72-73H,10-18,44H2,1H3,(H2,45,60)(H2,46,61)(H,47,64)(H,48,65)(H,49,67)(H,50,68)(H,51,62)(H,52,63)(H,53,66)(H,54,69)(H,70,71). The average molecular weight is 1070 g/mol. The molecule has 0 saturated heterocycles. The molecule has 0 fully saturated rings. The molecule has 0 radical (unpaired) electrons. The van der Waals surface area contributed by atoms with Crippen molar-refractivity contribution in [2.75, 3.05) is 24.7 Å². The van der Waals surface area contributed by atoms with E-state index in [1.165, 1.54) is 48.5 Å². The minimum absolute atomic E-state index is 0.126. The van der Waals surface area contributed by atoms with Gasteiger partial charge < -0.3 is 90.4 Å². The van der Waals surface area contributed by atoms with Gasteiger partial charge in [0.05, 0.1) is 31.8 Å². The Balaban J connectivity index is 2.47. The summed E-state index contributed by atoms with van der Waals surface area (Å²) in [7, 11) is 0. The molecule has 0 aliphatic rings. The molecule has 0 saturated carbocycles. The number of amides is 10. The number of aliphatic carboxylic acids is 1. The van der Waals surface area contributed by atoms with E-state index in [1.807, 2.05) is 5.32 Å². The lowest BCUT2D eigenvalue weighted by molar-refractivity contribution is -0.145. The van der Waals surface area contributed by atoms with Crippen LogP contribution in [0.5, 0.6) is 11.5 Å². The molecule has 20 N–H and O–H groups in total. The van der Waals surface area contributed by atoms with Crippen LogP contribution >= 0.6 is 25.3 Å². The van der Waals surface area contributed by atoms with Gasteiger partial charge in [0.25, 0.3) is 0 Å². The highest BCUT2D eigenvalue weighted by molar-refractivity contribution is 7.80. The van der Waals surface area contributed by atoms with Crippen molar-refractivity contribution in [1.29, 1.82) is 0 Å². The Morgan fingerprint density at radius 3 is 1.25 bits per heavy atom. The van der Waals surface area contributed by atoms with Crippen molar-refractivity contribution in [1.82, 2.24) is 42.5 Å². The molecule has 10 amide bonds. The van der Waals surface area contributed by atoms with E-state index in [0.29, 0.717) is 11.1 Å². The van der Waals surface area contributed by atoms with Gasteiger partial charge in [-0.1, -0.05) is 24.3 Å². The van der Waals surface area contributed by atoms with E-state index in [2.05, 4.69) is 62.5 Å². The van der Waals surface area contributed by atoms with E-state index in [9.17, 15) is 83.4 Å². The van der Waals surface area contributed by atoms with Crippen LogP contribution in [0.3, 0.4) is 0 Å². The molecule has 2 aromatic rings. The average Bonchev–Trinajstić information content (AvgIpc) is 3.33. The number of phenolic OH excluding ortho intramolecular Hbond substituents is 2. The van der Waals surface area contributed by atoms with Crippen LogP contribution in [-0.4, -0.2) is 181 Å². The molecule has 402 valence electrons. The summed E-state index contributed by atoms with van der Waals surface area (Å²) in [6.07, 6.45) is -4.33. The van der Waals surface area contributed by atoms with Gasteiger partial charge in [-0.3, -0.25) is 47.9 Å². The zero-order chi connectivity index (χ0) is 55.1. The summed E-state index contributed by atoms with van der Waals surface area (Å²) in [5.74, 6) is -13.7. The first-order valence-electron chi connectivity index (χ1n) is 22.0. The summed E-state index contributed by atoms with van der Waals surface area (Å²) in [6.45, 7) is -1.08. The van der Waals surface area contributed by atoms with Gasteiger partial charge in [-0.05, 0) is 48.7 Å². The number of carbonyl (C=O) groups excluding carboxylic acids is 10. The number of primary amides is 2. The first kappa shape index (κ1) is 61.9. The van der Waals surface area contributed by atoms with Crippen molar-refractivity contribution in [3.05, 3.63) is 59.7 Å². The van der Waals surface area contributed by atoms with Gasteiger partial charge in [-0.25, -0.2) is 4.79 Å². The first-order valence-corrected chi connectivity index (χ1v) is 23.3. The van der Waals surface area contributed by atoms with E-state index in [4.69, 9.17) is 17.2 Å². The fourth-order valence-electron chi connectivity index (χ4n) is 6.34. The number of phenols is 2. The predicted molar refractivity (Wildman–Crippen MR) is 260 cm³/mol. The number of aromatic hydroxyl groups is 2. The van der Waals surface area contributed by atoms with Crippen molar-refractivity contribution in [3.8, 4) is 11.5 Å². The maximum absolute atomic E-state index is 14.2. The van der Waals surface area contributed by atoms with Crippen LogP contribution in [0, 0.1) is 0 Å². The molecular weight excluding hydrogens is 1010 g/mol. The number of carboxylic acids is 1. The number of nitrogens with one attached hydrogen (secondary N) is 8. The maximum atomic E-state index is 14.2. The summed E-state index contributed by atoms with van der Waals surface area (Å²) in [5.41, 5.74) is 17.0. The molecule has 2 rings (SSSR count). The Morgan fingerprint density at radius 1 is 0.507 bits per heavy atom. The largest absolute Gasteiger partial charge is 0.508 e. The molecule has 0 aliphatic heterocycles. The lowest BCUT2D eigenvalue weighted by Gasteiger charge is -2.27. The summed E-state index contributed by atoms with van der Waals surface area (Å²) < 4.78 is 0. The molecule has 28 nitrogen and oxygen atoms in total. The van der Waals surface area contributed by atoms with Crippen molar-refractivity contribution >= 4 is 90.3 Å². The normalized spacial score (nSPS) is 15.1. The molecule has 73 heavy (non-hydrogen) atoms. The Morgan fingerprint density at radius 2 is 0.863 bits per heavy atom. The van der Waals surface area contributed by atoms with Crippen LogP contribution in [0.1, 0.15) is 37.3 Å². The molecule has 10 atom stereocenters. The molecule has 10 unspecified atom stereocenters. The summed E-state index contributed by atoms with van der Waals surface area (Å²) >= 11 is 7.91. The number of benzene rings is 2. The number of carboxylic acid groups (broad SMARTS) is 1. The van der Waals surface area contributed by atoms with Crippen molar-refractivity contribution < 1.29 is 83.4 Å². The topological polar surface area (TPSA) is 483 Å². The fraction of sp³-hybridized carbons (Fsp3) is 0.465. The van der Waals surface area contributed by atoms with Gasteiger partial charge in [0.1, 0.15) is 53.8 Å². The second kappa shape index (κ2) is 30.6. The molecule has 0 heterocycles. The Hall–Kier alpha value is -7.25. The summed E-state index contributed by atoms with van der Waals surface area (Å²) in [5, 5.41) is 76.9. The number of nitrogens with two attached hydrogens (primary N) is 3. The second-order valence-electron chi connectivity index (χ2n) is 16.2. The maximum Gasteiger partial charge on any atom is 0.328 e. The minimum atomic E-state index is -1.98. The Bertz CT molecular complexity index is 2280. The quantitative estimate of drug-likeness (QED) is 0.0312. The lowest BCUT2D eigenvalue weighted by Crippen LogP contribution is -2.62. The monoisotopic (exact) mass is 1070 g/mol. The molecule has 0 aliphatic carbocycles. The highest BCUT2D eigenvalue weighted by Gasteiger charge is 2.36. The summed E-state index contributed by atoms with van der Waals surface area (Å²) in [6, 6.07) is -4.49. The van der Waals surface area contributed by atoms with Crippen molar-refractivity contribution in [2.45, 2.75) is 99.5 Å². The van der Waals surface area contributed by atoms with E-state index in [-0.39, 0.29) is 30.1 Å². The third-order valence-electron chi connectivity index (χ3n) is 10.4. The van der Waals surface area contributed by atoms with Gasteiger partial charge in [0.2, 0.25) is 59.1 Å². The van der Waals surface area contributed by atoms with Crippen LogP contribution in [0.25, 0.3) is 0 Å². The smallest absolute Gasteiger partial charge is 0.328 e. The van der Waals surface area contributed by atoms with Crippen molar-refractivity contribution in [2.24, 2.45) is 17.2 Å². The number of aliphatic hydroxyl groups is 3. The van der Waals surface area contributed by atoms with Crippen LogP contribution in [-0.2, 0) is 65.6 Å². The number of hydrogen-bond donors (Lipinski definition) is 19. The van der Waals surface area contributed by atoms with Crippen LogP contribution < -0.4 is 59.7 Å². The van der Waals surface area contributed by atoms with Crippen molar-refractivity contribution in [3.63, 3.8) is 0 Å².